The largest absolute Gasteiger partial charge is 0.365 e. The van der Waals surface area contributed by atoms with E-state index < -0.39 is 0 Å². The van der Waals surface area contributed by atoms with Crippen LogP contribution in [0.3, 0.4) is 0 Å². The van der Waals surface area contributed by atoms with Gasteiger partial charge in [-0.2, -0.15) is 0 Å². The standard InChI is InChI=1S/C16H26ClN3/c1-5-18-13(3)14-6-7-16(15(17)10-14)20-9-8-19(4)11-12(20)2/h6-7,10,12-13,18H,5,8-9,11H2,1-4H3. The molecule has 2 atom stereocenters. The molecule has 0 radical (unpaired) electrons. The van der Waals surface area contributed by atoms with Gasteiger partial charge in [0.2, 0.25) is 0 Å². The van der Waals surface area contributed by atoms with Gasteiger partial charge in [0.15, 0.2) is 0 Å². The number of piperazine rings is 1. The molecule has 1 aromatic rings. The maximum Gasteiger partial charge on any atom is 0.0643 e. The number of nitrogens with one attached hydrogen (secondary N) is 1. The quantitative estimate of drug-likeness (QED) is 0.920. The predicted octanol–water partition coefficient (Wildman–Crippen LogP) is 3.15. The van der Waals surface area contributed by atoms with E-state index >= 15 is 0 Å². The van der Waals surface area contributed by atoms with Crippen LogP contribution in [0.2, 0.25) is 5.02 Å². The smallest absolute Gasteiger partial charge is 0.0643 e. The van der Waals surface area contributed by atoms with Gasteiger partial charge >= 0.3 is 0 Å². The van der Waals surface area contributed by atoms with Gasteiger partial charge in [0.05, 0.1) is 10.7 Å². The number of hydrogen-bond acceptors (Lipinski definition) is 3. The molecule has 3 nitrogen and oxygen atoms in total. The minimum absolute atomic E-state index is 0.344. The van der Waals surface area contributed by atoms with Crippen molar-refractivity contribution >= 4 is 17.3 Å². The highest BCUT2D eigenvalue weighted by Gasteiger charge is 2.23. The number of rotatable bonds is 4. The third-order valence-corrected chi connectivity index (χ3v) is 4.42. The first-order valence-electron chi connectivity index (χ1n) is 7.51. The maximum atomic E-state index is 6.53. The molecule has 1 heterocycles. The summed E-state index contributed by atoms with van der Waals surface area (Å²) in [4.78, 5) is 4.79. The number of halogens is 1. The van der Waals surface area contributed by atoms with Crippen LogP contribution in [0.1, 0.15) is 32.4 Å². The van der Waals surface area contributed by atoms with E-state index in [9.17, 15) is 0 Å². The van der Waals surface area contributed by atoms with Crippen molar-refractivity contribution in [1.29, 1.82) is 0 Å². The summed E-state index contributed by atoms with van der Waals surface area (Å²) < 4.78 is 0. The van der Waals surface area contributed by atoms with E-state index in [4.69, 9.17) is 11.6 Å². The number of benzene rings is 1. The fourth-order valence-electron chi connectivity index (χ4n) is 2.95. The van der Waals surface area contributed by atoms with Gasteiger partial charge in [-0.05, 0) is 45.1 Å². The Morgan fingerprint density at radius 1 is 1.40 bits per heavy atom. The van der Waals surface area contributed by atoms with Gasteiger partial charge in [-0.1, -0.05) is 24.6 Å². The summed E-state index contributed by atoms with van der Waals surface area (Å²) in [6, 6.07) is 7.32. The molecular weight excluding hydrogens is 270 g/mol. The molecule has 0 aromatic heterocycles. The maximum absolute atomic E-state index is 6.53. The van der Waals surface area contributed by atoms with Gasteiger partial charge in [0.1, 0.15) is 0 Å². The summed E-state index contributed by atoms with van der Waals surface area (Å²) in [7, 11) is 2.18. The highest BCUT2D eigenvalue weighted by atomic mass is 35.5. The lowest BCUT2D eigenvalue weighted by Gasteiger charge is -2.40. The number of anilines is 1. The minimum atomic E-state index is 0.344. The first-order valence-corrected chi connectivity index (χ1v) is 7.88. The van der Waals surface area contributed by atoms with Crippen LogP contribution in [0.15, 0.2) is 18.2 Å². The summed E-state index contributed by atoms with van der Waals surface area (Å²) in [5.74, 6) is 0. The molecule has 1 aliphatic rings. The third-order valence-electron chi connectivity index (χ3n) is 4.12. The summed E-state index contributed by atoms with van der Waals surface area (Å²) >= 11 is 6.53. The Morgan fingerprint density at radius 3 is 2.75 bits per heavy atom. The molecular formula is C16H26ClN3. The zero-order valence-electron chi connectivity index (χ0n) is 13.0. The van der Waals surface area contributed by atoms with Gasteiger partial charge < -0.3 is 15.1 Å². The van der Waals surface area contributed by atoms with Crippen molar-refractivity contribution in [3.63, 3.8) is 0 Å². The Labute approximate surface area is 127 Å². The van der Waals surface area contributed by atoms with E-state index in [2.05, 4.69) is 61.1 Å². The van der Waals surface area contributed by atoms with Crippen LogP contribution in [-0.2, 0) is 0 Å². The predicted molar refractivity (Wildman–Crippen MR) is 87.8 cm³/mol. The summed E-state index contributed by atoms with van der Waals surface area (Å²) in [5.41, 5.74) is 2.42. The van der Waals surface area contributed by atoms with Crippen LogP contribution < -0.4 is 10.2 Å². The summed E-state index contributed by atoms with van der Waals surface area (Å²) in [6.45, 7) is 10.8. The van der Waals surface area contributed by atoms with Crippen molar-refractivity contribution in [2.24, 2.45) is 0 Å². The first kappa shape index (κ1) is 15.6. The van der Waals surface area contributed by atoms with E-state index in [0.717, 1.165) is 31.2 Å². The molecule has 1 aliphatic heterocycles. The van der Waals surface area contributed by atoms with Crippen LogP contribution in [0.25, 0.3) is 0 Å². The van der Waals surface area contributed by atoms with Crippen LogP contribution in [-0.4, -0.2) is 44.2 Å². The number of hydrogen-bond donors (Lipinski definition) is 1. The van der Waals surface area contributed by atoms with Crippen molar-refractivity contribution in [1.82, 2.24) is 10.2 Å². The zero-order chi connectivity index (χ0) is 14.7. The number of likely N-dealkylation sites (N-methyl/N-ethyl adjacent to an activating group) is 1. The highest BCUT2D eigenvalue weighted by molar-refractivity contribution is 6.33. The second kappa shape index (κ2) is 6.79. The topological polar surface area (TPSA) is 18.5 Å². The monoisotopic (exact) mass is 295 g/mol. The average molecular weight is 296 g/mol. The first-order chi connectivity index (χ1) is 9.52. The molecule has 1 fully saturated rings. The van der Waals surface area contributed by atoms with E-state index in [-0.39, 0.29) is 0 Å². The van der Waals surface area contributed by atoms with Gasteiger partial charge in [-0.15, -0.1) is 0 Å². The van der Waals surface area contributed by atoms with Gasteiger partial charge in [-0.25, -0.2) is 0 Å². The molecule has 112 valence electrons. The Morgan fingerprint density at radius 2 is 2.15 bits per heavy atom. The lowest BCUT2D eigenvalue weighted by Crippen LogP contribution is -2.50. The molecule has 0 aliphatic carbocycles. The Bertz CT molecular complexity index is 449. The molecule has 2 rings (SSSR count). The van der Waals surface area contributed by atoms with Gasteiger partial charge in [0, 0.05) is 31.7 Å². The minimum Gasteiger partial charge on any atom is -0.365 e. The molecule has 0 amide bonds. The molecule has 2 unspecified atom stereocenters. The summed E-state index contributed by atoms with van der Waals surface area (Å²) in [6.07, 6.45) is 0. The van der Waals surface area contributed by atoms with Crippen LogP contribution in [0, 0.1) is 0 Å². The van der Waals surface area contributed by atoms with E-state index in [1.54, 1.807) is 0 Å². The molecule has 0 saturated carbocycles. The van der Waals surface area contributed by atoms with E-state index in [1.165, 1.54) is 11.3 Å². The third kappa shape index (κ3) is 3.46. The lowest BCUT2D eigenvalue weighted by atomic mass is 10.1. The second-order valence-corrected chi connectivity index (χ2v) is 6.20. The van der Waals surface area contributed by atoms with Crippen LogP contribution >= 0.6 is 11.6 Å². The van der Waals surface area contributed by atoms with Crippen molar-refractivity contribution in [3.05, 3.63) is 28.8 Å². The highest BCUT2D eigenvalue weighted by Crippen LogP contribution is 2.31. The summed E-state index contributed by atoms with van der Waals surface area (Å²) in [5, 5.41) is 4.29. The normalized spacial score (nSPS) is 22.1. The van der Waals surface area contributed by atoms with E-state index in [1.807, 2.05) is 0 Å². The fraction of sp³-hybridized carbons (Fsp3) is 0.625. The fourth-order valence-corrected chi connectivity index (χ4v) is 3.24. The van der Waals surface area contributed by atoms with Crippen LogP contribution in [0.4, 0.5) is 5.69 Å². The van der Waals surface area contributed by atoms with Gasteiger partial charge in [0.25, 0.3) is 0 Å². The lowest BCUT2D eigenvalue weighted by molar-refractivity contribution is 0.275. The van der Waals surface area contributed by atoms with Crippen molar-refractivity contribution in [2.45, 2.75) is 32.9 Å². The Balaban J connectivity index is 2.17. The van der Waals surface area contributed by atoms with Crippen molar-refractivity contribution in [3.8, 4) is 0 Å². The molecule has 1 aromatic carbocycles. The zero-order valence-corrected chi connectivity index (χ0v) is 13.7. The van der Waals surface area contributed by atoms with Crippen LogP contribution in [0.5, 0.6) is 0 Å². The van der Waals surface area contributed by atoms with E-state index in [0.29, 0.717) is 12.1 Å². The average Bonchev–Trinajstić information content (AvgIpc) is 2.40. The van der Waals surface area contributed by atoms with Gasteiger partial charge in [-0.3, -0.25) is 0 Å². The second-order valence-electron chi connectivity index (χ2n) is 5.79. The molecule has 0 spiro atoms. The molecule has 1 saturated heterocycles. The van der Waals surface area contributed by atoms with Crippen molar-refractivity contribution < 1.29 is 0 Å². The Kier molecular flexibility index (Phi) is 5.30. The molecule has 0 bridgehead atoms. The Hall–Kier alpha value is -0.770. The SMILES string of the molecule is CCNC(C)c1ccc(N2CCN(C)CC2C)c(Cl)c1. The molecule has 20 heavy (non-hydrogen) atoms. The molecule has 4 heteroatoms. The molecule has 1 N–H and O–H groups in total. The van der Waals surface area contributed by atoms with Crippen molar-refractivity contribution in [2.75, 3.05) is 38.1 Å². The number of nitrogens with zero attached hydrogens (tertiary/aromatic N) is 2.